The van der Waals surface area contributed by atoms with Crippen LogP contribution in [0.3, 0.4) is 0 Å². The molecule has 1 aliphatic carbocycles. The first-order chi connectivity index (χ1) is 19.4. The van der Waals surface area contributed by atoms with E-state index in [0.29, 0.717) is 0 Å². The average molecular weight is 702 g/mol. The van der Waals surface area contributed by atoms with Crippen molar-refractivity contribution in [3.63, 3.8) is 0 Å². The summed E-state index contributed by atoms with van der Waals surface area (Å²) < 4.78 is 0. The van der Waals surface area contributed by atoms with Crippen LogP contribution in [0.2, 0.25) is 5.04 Å². The molecule has 0 aromatic heterocycles. The van der Waals surface area contributed by atoms with E-state index in [0.717, 1.165) is 0 Å². The van der Waals surface area contributed by atoms with Crippen LogP contribution >= 0.6 is 0 Å². The number of hydrogen-bond acceptors (Lipinski definition) is 0. The third-order valence-corrected chi connectivity index (χ3v) is 15.2. The zero-order chi connectivity index (χ0) is 28.6. The van der Waals surface area contributed by atoms with Gasteiger partial charge in [-0.15, -0.1) is 6.92 Å². The molecule has 236 valence electrons. The Labute approximate surface area is 304 Å². The fourth-order valence-corrected chi connectivity index (χ4v) is 13.2. The van der Waals surface area contributed by atoms with Gasteiger partial charge in [-0.05, 0) is 52.4 Å². The number of benzene rings is 3. The van der Waals surface area contributed by atoms with Crippen LogP contribution in [-0.4, -0.2) is 8.07 Å². The molecule has 1 aliphatic rings. The van der Waals surface area contributed by atoms with Gasteiger partial charge in [-0.3, -0.25) is 6.08 Å². The van der Waals surface area contributed by atoms with Crippen LogP contribution in [-0.2, 0) is 34.6 Å². The molecule has 1 atom stereocenters. The summed E-state index contributed by atoms with van der Waals surface area (Å²) in [5, 5.41) is 4.35. The normalized spacial score (nSPS) is 15.8. The average Bonchev–Trinajstić information content (AvgIpc) is 3.17. The molecule has 0 radical (unpaired) electrons. The van der Waals surface area contributed by atoms with Gasteiger partial charge in [0, 0.05) is 0 Å². The third kappa shape index (κ3) is 9.05. The standard InChI is InChI=1S/C39H51Si.3ClH.Ti/c1-7-9-11-15-21-34-27-35(22-16-12-10-8-2)29-38(28-34)40(36-23-17-13-18-24-36,37-25-19-14-20-26-37)39(6)30-31(3)32(4)33(39)5;;;;/h13-14,17-20,23-29H,7-12,15-16,21-22H2,1-6H3;3*1H;/q-1;;;;+4/p-3. The Hall–Kier alpha value is -1.06. The summed E-state index contributed by atoms with van der Waals surface area (Å²) in [7, 11) is -2.62. The minimum Gasteiger partial charge on any atom is -1.00 e. The summed E-state index contributed by atoms with van der Waals surface area (Å²) >= 11 is 0. The van der Waals surface area contributed by atoms with E-state index in [-0.39, 0.29) is 64.0 Å². The number of allylic oxidation sites excluding steroid dienone is 4. The predicted octanol–water partition coefficient (Wildman–Crippen LogP) is 0.272. The first-order valence-corrected chi connectivity index (χ1v) is 17.9. The van der Waals surface area contributed by atoms with Gasteiger partial charge in [-0.1, -0.05) is 157 Å². The number of halogens is 3. The second kappa shape index (κ2) is 20.2. The fraction of sp³-hybridized carbons (Fsp3) is 0.436. The molecule has 3 aromatic rings. The number of rotatable bonds is 14. The van der Waals surface area contributed by atoms with Gasteiger partial charge in [0.2, 0.25) is 0 Å². The summed E-state index contributed by atoms with van der Waals surface area (Å²) in [5.74, 6) is 0. The van der Waals surface area contributed by atoms with E-state index in [1.165, 1.54) is 102 Å². The van der Waals surface area contributed by atoms with Crippen LogP contribution in [0, 0.1) is 6.08 Å². The van der Waals surface area contributed by atoms with E-state index in [1.54, 1.807) is 5.19 Å². The molecule has 0 N–H and O–H groups in total. The maximum atomic E-state index is 4.13. The molecule has 0 heterocycles. The van der Waals surface area contributed by atoms with Gasteiger partial charge in [-0.25, -0.2) is 5.57 Å². The van der Waals surface area contributed by atoms with E-state index < -0.39 is 8.07 Å². The molecule has 3 aromatic carbocycles. The van der Waals surface area contributed by atoms with Crippen LogP contribution in [0.25, 0.3) is 0 Å². The maximum absolute atomic E-state index is 4.13. The van der Waals surface area contributed by atoms with Crippen molar-refractivity contribution in [3.05, 3.63) is 113 Å². The van der Waals surface area contributed by atoms with Crippen molar-refractivity contribution in [3.8, 4) is 0 Å². The van der Waals surface area contributed by atoms with Gasteiger partial charge in [-0.2, -0.15) is 11.1 Å². The fourth-order valence-electron chi connectivity index (χ4n) is 7.12. The Morgan fingerprint density at radius 3 is 1.39 bits per heavy atom. The first kappa shape index (κ1) is 42.9. The van der Waals surface area contributed by atoms with Crippen LogP contribution in [0.15, 0.2) is 95.6 Å². The van der Waals surface area contributed by atoms with Crippen molar-refractivity contribution in [1.82, 2.24) is 0 Å². The number of unbranched alkanes of at least 4 members (excludes halogenated alkanes) is 6. The van der Waals surface area contributed by atoms with Crippen LogP contribution in [0.5, 0.6) is 0 Å². The van der Waals surface area contributed by atoms with Crippen molar-refractivity contribution >= 4 is 23.6 Å². The molecule has 0 amide bonds. The molecule has 0 spiro atoms. The van der Waals surface area contributed by atoms with E-state index in [2.05, 4.69) is 126 Å². The topological polar surface area (TPSA) is 0 Å². The Bertz CT molecular complexity index is 1250. The molecule has 0 nitrogen and oxygen atoms in total. The van der Waals surface area contributed by atoms with Crippen LogP contribution in [0.1, 0.15) is 104 Å². The second-order valence-electron chi connectivity index (χ2n) is 12.3. The van der Waals surface area contributed by atoms with Gasteiger partial charge in [0.15, 0.2) is 0 Å². The van der Waals surface area contributed by atoms with Gasteiger partial charge in [0.05, 0.1) is 0 Å². The molecule has 0 saturated heterocycles. The molecule has 4 rings (SSSR count). The van der Waals surface area contributed by atoms with Crippen molar-refractivity contribution in [2.24, 2.45) is 0 Å². The molecule has 0 saturated carbocycles. The van der Waals surface area contributed by atoms with Gasteiger partial charge < -0.3 is 37.2 Å². The summed E-state index contributed by atoms with van der Waals surface area (Å²) in [6, 6.07) is 30.8. The van der Waals surface area contributed by atoms with E-state index >= 15 is 0 Å². The third-order valence-electron chi connectivity index (χ3n) is 9.60. The molecule has 0 fully saturated rings. The first-order valence-electron chi connectivity index (χ1n) is 15.9. The van der Waals surface area contributed by atoms with E-state index in [1.807, 2.05) is 0 Å². The predicted molar refractivity (Wildman–Crippen MR) is 179 cm³/mol. The zero-order valence-electron chi connectivity index (χ0n) is 27.7. The Morgan fingerprint density at radius 2 is 1.02 bits per heavy atom. The van der Waals surface area contributed by atoms with Crippen LogP contribution < -0.4 is 52.8 Å². The molecular formula is C39H51Cl3SiTi. The van der Waals surface area contributed by atoms with E-state index in [9.17, 15) is 0 Å². The van der Waals surface area contributed by atoms with Gasteiger partial charge >= 0.3 is 21.7 Å². The molecule has 5 heteroatoms. The molecule has 1 unspecified atom stereocenters. The second-order valence-corrected chi connectivity index (χ2v) is 16.5. The van der Waals surface area contributed by atoms with Crippen molar-refractivity contribution in [1.29, 1.82) is 0 Å². The molecule has 0 aliphatic heterocycles. The van der Waals surface area contributed by atoms with Crippen LogP contribution in [0.4, 0.5) is 0 Å². The minimum absolute atomic E-state index is 0. The zero-order valence-corrected chi connectivity index (χ0v) is 32.5. The Morgan fingerprint density at radius 1 is 0.591 bits per heavy atom. The van der Waals surface area contributed by atoms with Crippen molar-refractivity contribution in [2.75, 3.05) is 0 Å². The molecule has 0 bridgehead atoms. The van der Waals surface area contributed by atoms with Gasteiger partial charge in [0.25, 0.3) is 0 Å². The monoisotopic (exact) mass is 700 g/mol. The molecular weight excluding hydrogens is 651 g/mol. The van der Waals surface area contributed by atoms with Gasteiger partial charge in [0.1, 0.15) is 8.07 Å². The number of aryl methyl sites for hydroxylation is 2. The minimum atomic E-state index is -2.62. The summed E-state index contributed by atoms with van der Waals surface area (Å²) in [4.78, 5) is 0. The Kier molecular flexibility index (Phi) is 19.7. The van der Waals surface area contributed by atoms with Crippen molar-refractivity contribution < 1.29 is 58.9 Å². The largest absolute Gasteiger partial charge is 4.00 e. The maximum Gasteiger partial charge on any atom is 4.00 e. The smallest absolute Gasteiger partial charge is 1.00 e. The van der Waals surface area contributed by atoms with Crippen molar-refractivity contribution in [2.45, 2.75) is 111 Å². The number of hydrogen-bond donors (Lipinski definition) is 0. The summed E-state index contributed by atoms with van der Waals surface area (Å²) in [6.07, 6.45) is 16.9. The summed E-state index contributed by atoms with van der Waals surface area (Å²) in [5.41, 5.74) is 7.29. The Balaban J connectivity index is 0.00000462. The van der Waals surface area contributed by atoms with E-state index in [4.69, 9.17) is 0 Å². The summed E-state index contributed by atoms with van der Waals surface area (Å²) in [6.45, 7) is 14.1. The SMILES string of the molecule is CCCCCCc1cc(CCCCCC)cc([Si](c2ccccc2)(c2ccccc2)C2(C)[C-]=C(C)C(C)=C2C)c1.[Cl-].[Cl-].[Cl-].[Ti+4]. The molecule has 44 heavy (non-hydrogen) atoms. The quantitative estimate of drug-likeness (QED) is 0.0982.